The van der Waals surface area contributed by atoms with Gasteiger partial charge in [0.2, 0.25) is 5.91 Å². The van der Waals surface area contributed by atoms with Gasteiger partial charge in [-0.15, -0.1) is 13.2 Å². The Morgan fingerprint density at radius 1 is 1.21 bits per heavy atom. The number of rotatable bonds is 7. The minimum absolute atomic E-state index is 0.0804. The second-order valence-corrected chi connectivity index (χ2v) is 5.12. The fourth-order valence-electron chi connectivity index (χ4n) is 2.82. The van der Waals surface area contributed by atoms with Gasteiger partial charge in [-0.25, -0.2) is 0 Å². The zero-order valence-electron chi connectivity index (χ0n) is 11.5. The predicted octanol–water partition coefficient (Wildman–Crippen LogP) is 2.32. The zero-order chi connectivity index (χ0) is 14.4. The third-order valence-corrected chi connectivity index (χ3v) is 3.88. The van der Waals surface area contributed by atoms with Crippen LogP contribution in [-0.4, -0.2) is 35.0 Å². The Hall–Kier alpha value is -1.58. The van der Waals surface area contributed by atoms with Gasteiger partial charge >= 0.3 is 5.97 Å². The van der Waals surface area contributed by atoms with Gasteiger partial charge in [0.05, 0.1) is 11.8 Å². The molecule has 0 aromatic heterocycles. The van der Waals surface area contributed by atoms with Crippen molar-refractivity contribution < 1.29 is 14.7 Å². The van der Waals surface area contributed by atoms with Crippen molar-refractivity contribution in [3.05, 3.63) is 25.3 Å². The second kappa shape index (κ2) is 7.12. The lowest BCUT2D eigenvalue weighted by Gasteiger charge is -2.25. The summed E-state index contributed by atoms with van der Waals surface area (Å²) in [4.78, 5) is 25.4. The molecular formula is C15H23NO3. The van der Waals surface area contributed by atoms with Crippen LogP contribution in [-0.2, 0) is 9.59 Å². The van der Waals surface area contributed by atoms with Crippen LogP contribution < -0.4 is 0 Å². The predicted molar refractivity (Wildman–Crippen MR) is 74.6 cm³/mol. The van der Waals surface area contributed by atoms with E-state index in [-0.39, 0.29) is 5.91 Å². The summed E-state index contributed by atoms with van der Waals surface area (Å²) < 4.78 is 0. The van der Waals surface area contributed by atoms with Crippen LogP contribution in [0.5, 0.6) is 0 Å². The fourth-order valence-corrected chi connectivity index (χ4v) is 2.82. The van der Waals surface area contributed by atoms with Crippen molar-refractivity contribution in [1.29, 1.82) is 0 Å². The van der Waals surface area contributed by atoms with E-state index < -0.39 is 17.8 Å². The molecule has 0 spiro atoms. The molecular weight excluding hydrogens is 242 g/mol. The monoisotopic (exact) mass is 265 g/mol. The number of carbonyl (C=O) groups excluding carboxylic acids is 1. The van der Waals surface area contributed by atoms with E-state index in [9.17, 15) is 14.7 Å². The third-order valence-electron chi connectivity index (χ3n) is 3.88. The van der Waals surface area contributed by atoms with E-state index in [0.29, 0.717) is 31.8 Å². The summed E-state index contributed by atoms with van der Waals surface area (Å²) in [6.07, 6.45) is 5.53. The van der Waals surface area contributed by atoms with Crippen LogP contribution in [0.2, 0.25) is 0 Å². The fraction of sp³-hybridized carbons (Fsp3) is 0.600. The first-order chi connectivity index (χ1) is 9.04. The Bertz CT molecular complexity index is 354. The molecule has 0 heterocycles. The van der Waals surface area contributed by atoms with Gasteiger partial charge in [-0.1, -0.05) is 25.5 Å². The lowest BCUT2D eigenvalue weighted by Crippen LogP contribution is -2.39. The molecule has 4 heteroatoms. The summed E-state index contributed by atoms with van der Waals surface area (Å²) in [7, 11) is 0. The molecule has 1 unspecified atom stereocenters. The molecule has 1 rings (SSSR count). The maximum atomic E-state index is 12.5. The molecule has 19 heavy (non-hydrogen) atoms. The Morgan fingerprint density at radius 3 is 2.16 bits per heavy atom. The molecule has 0 aromatic rings. The number of carboxylic acid groups (broad SMARTS) is 1. The number of carboxylic acids is 1. The summed E-state index contributed by atoms with van der Waals surface area (Å²) >= 11 is 0. The van der Waals surface area contributed by atoms with Crippen molar-refractivity contribution in [1.82, 2.24) is 4.90 Å². The summed E-state index contributed by atoms with van der Waals surface area (Å²) in [5.41, 5.74) is 0. The molecule has 1 fully saturated rings. The van der Waals surface area contributed by atoms with E-state index in [4.69, 9.17) is 0 Å². The molecule has 0 radical (unpaired) electrons. The van der Waals surface area contributed by atoms with Crippen LogP contribution in [0, 0.1) is 17.8 Å². The molecule has 0 aromatic carbocycles. The van der Waals surface area contributed by atoms with Crippen LogP contribution in [0.15, 0.2) is 25.3 Å². The van der Waals surface area contributed by atoms with Gasteiger partial charge in [0.25, 0.3) is 0 Å². The number of hydrogen-bond acceptors (Lipinski definition) is 2. The van der Waals surface area contributed by atoms with Crippen molar-refractivity contribution in [3.8, 4) is 0 Å². The van der Waals surface area contributed by atoms with Gasteiger partial charge < -0.3 is 10.0 Å². The number of nitrogens with zero attached hydrogens (tertiary/aromatic N) is 1. The zero-order valence-corrected chi connectivity index (χ0v) is 11.5. The van der Waals surface area contributed by atoms with Crippen LogP contribution in [0.4, 0.5) is 0 Å². The molecule has 106 valence electrons. The van der Waals surface area contributed by atoms with E-state index in [1.807, 2.05) is 6.92 Å². The molecule has 1 saturated carbocycles. The quantitative estimate of drug-likeness (QED) is 0.719. The average Bonchev–Trinajstić information content (AvgIpc) is 2.82. The van der Waals surface area contributed by atoms with Gasteiger partial charge in [0, 0.05) is 13.1 Å². The van der Waals surface area contributed by atoms with Gasteiger partial charge in [-0.05, 0) is 18.8 Å². The first-order valence-electron chi connectivity index (χ1n) is 6.78. The molecule has 0 saturated heterocycles. The van der Waals surface area contributed by atoms with E-state index in [0.717, 1.165) is 6.42 Å². The Kier molecular flexibility index (Phi) is 5.80. The molecule has 1 amide bonds. The number of hydrogen-bond donors (Lipinski definition) is 1. The van der Waals surface area contributed by atoms with Crippen molar-refractivity contribution in [3.63, 3.8) is 0 Å². The highest BCUT2D eigenvalue weighted by molar-refractivity contribution is 5.85. The van der Waals surface area contributed by atoms with Crippen molar-refractivity contribution >= 4 is 11.9 Å². The van der Waals surface area contributed by atoms with E-state index in [2.05, 4.69) is 13.2 Å². The van der Waals surface area contributed by atoms with E-state index >= 15 is 0 Å². The number of carbonyl (C=O) groups is 2. The molecule has 3 atom stereocenters. The van der Waals surface area contributed by atoms with Gasteiger partial charge in [0.15, 0.2) is 0 Å². The first kappa shape index (κ1) is 15.5. The largest absolute Gasteiger partial charge is 0.481 e. The maximum absolute atomic E-state index is 12.5. The summed E-state index contributed by atoms with van der Waals surface area (Å²) in [6, 6.07) is 0. The SMILES string of the molecule is C=CCN(CC=C)C(=O)[C@H]1CC(CC)C[C@H]1C(=O)O. The Labute approximate surface area is 114 Å². The topological polar surface area (TPSA) is 57.6 Å². The number of aliphatic carboxylic acids is 1. The maximum Gasteiger partial charge on any atom is 0.307 e. The highest BCUT2D eigenvalue weighted by Crippen LogP contribution is 2.39. The Balaban J connectivity index is 2.84. The number of amides is 1. The van der Waals surface area contributed by atoms with Gasteiger partial charge in [0.1, 0.15) is 0 Å². The van der Waals surface area contributed by atoms with Gasteiger partial charge in [-0.3, -0.25) is 9.59 Å². The summed E-state index contributed by atoms with van der Waals surface area (Å²) in [6.45, 7) is 10.2. The van der Waals surface area contributed by atoms with Crippen LogP contribution in [0.3, 0.4) is 0 Å². The second-order valence-electron chi connectivity index (χ2n) is 5.12. The first-order valence-corrected chi connectivity index (χ1v) is 6.78. The normalized spacial score (nSPS) is 25.8. The summed E-state index contributed by atoms with van der Waals surface area (Å²) in [5, 5.41) is 9.28. The van der Waals surface area contributed by atoms with E-state index in [1.54, 1.807) is 17.1 Å². The molecule has 0 aliphatic heterocycles. The van der Waals surface area contributed by atoms with E-state index in [1.165, 1.54) is 0 Å². The van der Waals surface area contributed by atoms with Gasteiger partial charge in [-0.2, -0.15) is 0 Å². The molecule has 1 aliphatic carbocycles. The third kappa shape index (κ3) is 3.69. The lowest BCUT2D eigenvalue weighted by atomic mass is 9.94. The highest BCUT2D eigenvalue weighted by atomic mass is 16.4. The molecule has 0 bridgehead atoms. The molecule has 1 N–H and O–H groups in total. The standard InChI is InChI=1S/C15H23NO3/c1-4-7-16(8-5-2)14(17)12-9-11(6-3)10-13(12)15(18)19/h4-5,11-13H,1-2,6-10H2,3H3,(H,18,19)/t11?,12-,13+/m0/s1. The average molecular weight is 265 g/mol. The lowest BCUT2D eigenvalue weighted by molar-refractivity contribution is -0.148. The minimum Gasteiger partial charge on any atom is -0.481 e. The van der Waals surface area contributed by atoms with Crippen molar-refractivity contribution in [2.45, 2.75) is 26.2 Å². The molecule has 4 nitrogen and oxygen atoms in total. The van der Waals surface area contributed by atoms with Crippen molar-refractivity contribution in [2.24, 2.45) is 17.8 Å². The smallest absolute Gasteiger partial charge is 0.307 e. The van der Waals surface area contributed by atoms with Crippen molar-refractivity contribution in [2.75, 3.05) is 13.1 Å². The molecule has 1 aliphatic rings. The van der Waals surface area contributed by atoms with Crippen LogP contribution in [0.1, 0.15) is 26.2 Å². The van der Waals surface area contributed by atoms with Crippen LogP contribution >= 0.6 is 0 Å². The Morgan fingerprint density at radius 2 is 1.74 bits per heavy atom. The van der Waals surface area contributed by atoms with Crippen LogP contribution in [0.25, 0.3) is 0 Å². The minimum atomic E-state index is -0.855. The highest BCUT2D eigenvalue weighted by Gasteiger charge is 2.43. The summed E-state index contributed by atoms with van der Waals surface area (Å²) in [5.74, 6) is -1.55.